The third-order valence-corrected chi connectivity index (χ3v) is 4.09. The summed E-state index contributed by atoms with van der Waals surface area (Å²) in [6.45, 7) is 7.73. The molecule has 1 aromatic heterocycles. The summed E-state index contributed by atoms with van der Waals surface area (Å²) in [7, 11) is 0. The van der Waals surface area contributed by atoms with Gasteiger partial charge < -0.3 is 10.2 Å². The summed E-state index contributed by atoms with van der Waals surface area (Å²) < 4.78 is 0. The number of halogens is 1. The molecule has 1 amide bonds. The van der Waals surface area contributed by atoms with Gasteiger partial charge in [0.2, 0.25) is 0 Å². The summed E-state index contributed by atoms with van der Waals surface area (Å²) in [6, 6.07) is 13.5. The van der Waals surface area contributed by atoms with Crippen LogP contribution in [0, 0.1) is 0 Å². The van der Waals surface area contributed by atoms with E-state index >= 15 is 0 Å². The van der Waals surface area contributed by atoms with E-state index in [2.05, 4.69) is 27.3 Å². The zero-order valence-electron chi connectivity index (χ0n) is 14.4. The van der Waals surface area contributed by atoms with E-state index in [1.807, 2.05) is 39.0 Å². The largest absolute Gasteiger partial charge is 0.357 e. The van der Waals surface area contributed by atoms with Crippen molar-refractivity contribution in [3.63, 3.8) is 0 Å². The summed E-state index contributed by atoms with van der Waals surface area (Å²) >= 11 is 6.10. The predicted molar refractivity (Wildman–Crippen MR) is 99.9 cm³/mol. The van der Waals surface area contributed by atoms with Gasteiger partial charge in [-0.15, -0.1) is 0 Å². The fraction of sp³-hybridized carbons (Fsp3) is 0.368. The van der Waals surface area contributed by atoms with Crippen molar-refractivity contribution in [3.05, 3.63) is 58.7 Å². The number of hydrogen-bond donors (Lipinski definition) is 1. The molecule has 0 aliphatic heterocycles. The SMILES string of the molecule is CCN(CC)c1cc(C(=O)NC(C)Cc2ccccc2)cc(Cl)n1. The van der Waals surface area contributed by atoms with Crippen LogP contribution in [0.25, 0.3) is 0 Å². The summed E-state index contributed by atoms with van der Waals surface area (Å²) in [5.74, 6) is 0.601. The Bertz CT molecular complexity index is 672. The first-order valence-corrected chi connectivity index (χ1v) is 8.68. The molecule has 2 aromatic rings. The highest BCUT2D eigenvalue weighted by molar-refractivity contribution is 6.29. The van der Waals surface area contributed by atoms with E-state index < -0.39 is 0 Å². The van der Waals surface area contributed by atoms with E-state index in [0.29, 0.717) is 10.7 Å². The Hall–Kier alpha value is -2.07. The van der Waals surface area contributed by atoms with Crippen molar-refractivity contribution >= 4 is 23.3 Å². The number of nitrogens with zero attached hydrogens (tertiary/aromatic N) is 2. The Kier molecular flexibility index (Phi) is 6.62. The Morgan fingerprint density at radius 1 is 1.21 bits per heavy atom. The Morgan fingerprint density at radius 2 is 1.88 bits per heavy atom. The number of pyridine rings is 1. The number of hydrogen-bond acceptors (Lipinski definition) is 3. The molecule has 0 spiro atoms. The average molecular weight is 346 g/mol. The van der Waals surface area contributed by atoms with Gasteiger partial charge in [0.25, 0.3) is 5.91 Å². The first kappa shape index (κ1) is 18.3. The van der Waals surface area contributed by atoms with E-state index in [4.69, 9.17) is 11.6 Å². The highest BCUT2D eigenvalue weighted by Crippen LogP contribution is 2.18. The van der Waals surface area contributed by atoms with Crippen LogP contribution >= 0.6 is 11.6 Å². The highest BCUT2D eigenvalue weighted by Gasteiger charge is 2.14. The Labute approximate surface area is 148 Å². The number of carbonyl (C=O) groups excluding carboxylic acids is 1. The van der Waals surface area contributed by atoms with Crippen molar-refractivity contribution in [1.82, 2.24) is 10.3 Å². The maximum atomic E-state index is 12.5. The molecule has 0 saturated carbocycles. The van der Waals surface area contributed by atoms with Gasteiger partial charge in [-0.1, -0.05) is 41.9 Å². The molecule has 0 aliphatic rings. The maximum absolute atomic E-state index is 12.5. The minimum Gasteiger partial charge on any atom is -0.357 e. The van der Waals surface area contributed by atoms with Crippen molar-refractivity contribution < 1.29 is 4.79 Å². The second kappa shape index (κ2) is 8.69. The predicted octanol–water partition coefficient (Wildman–Crippen LogP) is 3.94. The van der Waals surface area contributed by atoms with E-state index in [9.17, 15) is 4.79 Å². The second-order valence-electron chi connectivity index (χ2n) is 5.77. The van der Waals surface area contributed by atoms with E-state index in [1.54, 1.807) is 12.1 Å². The van der Waals surface area contributed by atoms with Gasteiger partial charge in [0, 0.05) is 24.7 Å². The molecular formula is C19H24ClN3O. The van der Waals surface area contributed by atoms with E-state index in [-0.39, 0.29) is 11.9 Å². The van der Waals surface area contributed by atoms with E-state index in [0.717, 1.165) is 25.3 Å². The number of carbonyl (C=O) groups is 1. The van der Waals surface area contributed by atoms with Gasteiger partial charge in [-0.05, 0) is 44.9 Å². The molecule has 1 unspecified atom stereocenters. The summed E-state index contributed by atoms with van der Waals surface area (Å²) in [5.41, 5.74) is 1.73. The molecule has 24 heavy (non-hydrogen) atoms. The van der Waals surface area contributed by atoms with Crippen LogP contribution in [0.4, 0.5) is 5.82 Å². The fourth-order valence-electron chi connectivity index (χ4n) is 2.65. The molecule has 0 aliphatic carbocycles. The summed E-state index contributed by atoms with van der Waals surface area (Å²) in [6.07, 6.45) is 0.786. The van der Waals surface area contributed by atoms with Crippen LogP contribution in [0.15, 0.2) is 42.5 Å². The second-order valence-corrected chi connectivity index (χ2v) is 6.16. The highest BCUT2D eigenvalue weighted by atomic mass is 35.5. The molecule has 0 bridgehead atoms. The lowest BCUT2D eigenvalue weighted by atomic mass is 10.1. The van der Waals surface area contributed by atoms with Crippen molar-refractivity contribution in [1.29, 1.82) is 0 Å². The topological polar surface area (TPSA) is 45.2 Å². The lowest BCUT2D eigenvalue weighted by Gasteiger charge is -2.21. The number of aromatic nitrogens is 1. The number of anilines is 1. The van der Waals surface area contributed by atoms with Gasteiger partial charge in [0.1, 0.15) is 11.0 Å². The van der Waals surface area contributed by atoms with Gasteiger partial charge >= 0.3 is 0 Å². The molecule has 0 saturated heterocycles. The zero-order valence-corrected chi connectivity index (χ0v) is 15.2. The normalized spacial score (nSPS) is 11.8. The molecule has 128 valence electrons. The third kappa shape index (κ3) is 4.96. The van der Waals surface area contributed by atoms with E-state index in [1.165, 1.54) is 5.56 Å². The zero-order chi connectivity index (χ0) is 17.5. The average Bonchev–Trinajstić information content (AvgIpc) is 2.56. The molecule has 4 nitrogen and oxygen atoms in total. The van der Waals surface area contributed by atoms with Crippen molar-refractivity contribution in [2.45, 2.75) is 33.2 Å². The summed E-state index contributed by atoms with van der Waals surface area (Å²) in [4.78, 5) is 18.9. The van der Waals surface area contributed by atoms with Crippen LogP contribution in [-0.4, -0.2) is 30.0 Å². The van der Waals surface area contributed by atoms with Crippen LogP contribution in [0.3, 0.4) is 0 Å². The van der Waals surface area contributed by atoms with Crippen LogP contribution in [-0.2, 0) is 6.42 Å². The Morgan fingerprint density at radius 3 is 2.50 bits per heavy atom. The van der Waals surface area contributed by atoms with Crippen molar-refractivity contribution in [3.8, 4) is 0 Å². The fourth-order valence-corrected chi connectivity index (χ4v) is 2.85. The minimum absolute atomic E-state index is 0.0312. The minimum atomic E-state index is -0.129. The molecule has 1 heterocycles. The van der Waals surface area contributed by atoms with Crippen LogP contribution in [0.1, 0.15) is 36.7 Å². The van der Waals surface area contributed by atoms with Gasteiger partial charge in [0.15, 0.2) is 0 Å². The number of nitrogens with one attached hydrogen (secondary N) is 1. The van der Waals surface area contributed by atoms with Crippen molar-refractivity contribution in [2.24, 2.45) is 0 Å². The van der Waals surface area contributed by atoms with Crippen molar-refractivity contribution in [2.75, 3.05) is 18.0 Å². The quantitative estimate of drug-likeness (QED) is 0.773. The van der Waals surface area contributed by atoms with Crippen LogP contribution in [0.5, 0.6) is 0 Å². The number of rotatable bonds is 7. The van der Waals surface area contributed by atoms with Gasteiger partial charge in [-0.3, -0.25) is 4.79 Å². The van der Waals surface area contributed by atoms with Gasteiger partial charge in [-0.2, -0.15) is 0 Å². The van der Waals surface area contributed by atoms with Crippen LogP contribution < -0.4 is 10.2 Å². The third-order valence-electron chi connectivity index (χ3n) is 3.89. The monoisotopic (exact) mass is 345 g/mol. The molecular weight excluding hydrogens is 322 g/mol. The summed E-state index contributed by atoms with van der Waals surface area (Å²) in [5, 5.41) is 3.36. The number of benzene rings is 1. The first-order valence-electron chi connectivity index (χ1n) is 8.30. The number of amides is 1. The molecule has 1 atom stereocenters. The standard InChI is InChI=1S/C19H24ClN3O/c1-4-23(5-2)18-13-16(12-17(20)22-18)19(24)21-14(3)11-15-9-7-6-8-10-15/h6-10,12-14H,4-5,11H2,1-3H3,(H,21,24). The first-order chi connectivity index (χ1) is 11.5. The molecule has 5 heteroatoms. The maximum Gasteiger partial charge on any atom is 0.251 e. The lowest BCUT2D eigenvalue weighted by molar-refractivity contribution is 0.0940. The lowest BCUT2D eigenvalue weighted by Crippen LogP contribution is -2.34. The Balaban J connectivity index is 2.08. The molecule has 1 aromatic carbocycles. The molecule has 0 fully saturated rings. The molecule has 0 radical (unpaired) electrons. The van der Waals surface area contributed by atoms with Gasteiger partial charge in [0.05, 0.1) is 0 Å². The smallest absolute Gasteiger partial charge is 0.251 e. The molecule has 2 rings (SSSR count). The van der Waals surface area contributed by atoms with Crippen LogP contribution in [0.2, 0.25) is 5.15 Å². The molecule has 1 N–H and O–H groups in total. The van der Waals surface area contributed by atoms with Gasteiger partial charge in [-0.25, -0.2) is 4.98 Å².